The van der Waals surface area contributed by atoms with Crippen molar-refractivity contribution in [2.24, 2.45) is 11.3 Å². The van der Waals surface area contributed by atoms with Gasteiger partial charge in [-0.2, -0.15) is 48.0 Å². The first-order valence-corrected chi connectivity index (χ1v) is 13.3. The van der Waals surface area contributed by atoms with E-state index in [-0.39, 0.29) is 42.5 Å². The molecule has 4 aliphatic carbocycles. The maximum Gasteiger partial charge on any atom is 1.00 e. The average Bonchev–Trinajstić information content (AvgIpc) is 3.49. The molecule has 6 nitrogen and oxygen atoms in total. The van der Waals surface area contributed by atoms with Crippen LogP contribution in [0.15, 0.2) is 36.4 Å². The predicted octanol–water partition coefficient (Wildman–Crippen LogP) is 4.50. The van der Waals surface area contributed by atoms with Crippen molar-refractivity contribution in [3.05, 3.63) is 66.0 Å². The third-order valence-electron chi connectivity index (χ3n) is 6.38. The summed E-state index contributed by atoms with van der Waals surface area (Å²) in [6.45, 7) is 8.14. The molecule has 6 rings (SSSR count). The predicted molar refractivity (Wildman–Crippen MR) is 144 cm³/mol. The van der Waals surface area contributed by atoms with Crippen LogP contribution in [0.2, 0.25) is 5.02 Å². The molecule has 4 saturated carbocycles. The number of halogens is 4. The molecule has 1 atom stereocenters. The molecule has 4 aliphatic rings. The van der Waals surface area contributed by atoms with Crippen molar-refractivity contribution in [2.45, 2.75) is 76.8 Å². The van der Waals surface area contributed by atoms with Crippen LogP contribution in [0.5, 0.6) is 11.5 Å². The van der Waals surface area contributed by atoms with E-state index in [0.717, 1.165) is 44.5 Å². The van der Waals surface area contributed by atoms with Crippen LogP contribution in [0, 0.1) is 41.7 Å². The SMILES string of the molecule is CC(C)(C)OC(=O)N[C@H]1CC2(COc3cc[c-]cc3)CC1C2.N#Cc1c[c-]cc(Cl)c1OC1CC1.[CH2-]C(F)(F)F.[Li+]. The molecule has 1 N–H and O–H groups in total. The Morgan fingerprint density at radius 2 is 1.78 bits per heavy atom. The molecule has 0 aromatic heterocycles. The zero-order valence-electron chi connectivity index (χ0n) is 23.7. The number of carbonyl (C=O) groups is 1. The molecule has 0 unspecified atom stereocenters. The van der Waals surface area contributed by atoms with E-state index in [1.807, 2.05) is 51.1 Å². The Bertz CT molecular complexity index is 1170. The molecular formula is C30H33ClF3LiN2O4-2. The molecule has 0 saturated heterocycles. The molecule has 4 fully saturated rings. The number of fused-ring (bicyclic) bond motifs is 1. The van der Waals surface area contributed by atoms with E-state index in [1.165, 1.54) is 0 Å². The van der Waals surface area contributed by atoms with Crippen LogP contribution in [-0.2, 0) is 4.74 Å². The third kappa shape index (κ3) is 12.1. The first-order valence-electron chi connectivity index (χ1n) is 12.9. The second-order valence-electron chi connectivity index (χ2n) is 11.2. The van der Waals surface area contributed by atoms with E-state index < -0.39 is 11.8 Å². The Morgan fingerprint density at radius 1 is 1.17 bits per heavy atom. The monoisotopic (exact) mass is 584 g/mol. The van der Waals surface area contributed by atoms with E-state index in [9.17, 15) is 18.0 Å². The van der Waals surface area contributed by atoms with Gasteiger partial charge in [-0.05, 0) is 69.4 Å². The Kier molecular flexibility index (Phi) is 12.3. The number of rotatable bonds is 6. The number of hydrogen-bond donors (Lipinski definition) is 1. The van der Waals surface area contributed by atoms with Gasteiger partial charge in [0.1, 0.15) is 5.60 Å². The Labute approximate surface area is 257 Å². The minimum absolute atomic E-state index is 0. The number of nitriles is 1. The van der Waals surface area contributed by atoms with Crippen molar-refractivity contribution in [3.63, 3.8) is 0 Å². The number of benzene rings is 2. The van der Waals surface area contributed by atoms with Crippen molar-refractivity contribution in [3.8, 4) is 17.6 Å². The molecule has 0 heterocycles. The van der Waals surface area contributed by atoms with Crippen LogP contribution in [0.3, 0.4) is 0 Å². The van der Waals surface area contributed by atoms with E-state index in [0.29, 0.717) is 22.3 Å². The number of ether oxygens (including phenoxy) is 3. The molecule has 2 bridgehead atoms. The largest absolute Gasteiger partial charge is 1.00 e. The third-order valence-corrected chi connectivity index (χ3v) is 6.66. The number of alkyl halides is 3. The molecular weight excluding hydrogens is 552 g/mol. The fraction of sp³-hybridized carbons (Fsp3) is 0.500. The van der Waals surface area contributed by atoms with Crippen molar-refractivity contribution in [1.82, 2.24) is 5.32 Å². The standard InChI is InChI=1S/C18H24NO3.C10H7ClNO.C2H2F3.Li/c1-17(2,3)22-16(20)19-15-11-18(9-13(15)10-18)12-21-14-7-5-4-6-8-14;11-9-3-1-2-7(6-12)10(9)13-8-4-5-8;1-2(3,4)5;/h5-8,13,15H,9-12H2,1-3H3,(H,19,20);2-3,8H,4-5H2;1H2;/q3*-1;+1/t13?,15-,18?;;;/m0.../s1. The smallest absolute Gasteiger partial charge is 0.518 e. The van der Waals surface area contributed by atoms with Gasteiger partial charge in [0, 0.05) is 29.0 Å². The molecule has 2 aromatic carbocycles. The van der Waals surface area contributed by atoms with Gasteiger partial charge in [-0.3, -0.25) is 0 Å². The van der Waals surface area contributed by atoms with E-state index in [4.69, 9.17) is 31.1 Å². The summed E-state index contributed by atoms with van der Waals surface area (Å²) in [5.74, 6) is 1.96. The van der Waals surface area contributed by atoms with Gasteiger partial charge in [0.05, 0.1) is 12.7 Å². The van der Waals surface area contributed by atoms with Gasteiger partial charge >= 0.3 is 25.0 Å². The van der Waals surface area contributed by atoms with E-state index >= 15 is 0 Å². The van der Waals surface area contributed by atoms with Crippen molar-refractivity contribution >= 4 is 17.7 Å². The van der Waals surface area contributed by atoms with Gasteiger partial charge in [0.25, 0.3) is 6.18 Å². The van der Waals surface area contributed by atoms with E-state index in [1.54, 1.807) is 19.1 Å². The van der Waals surface area contributed by atoms with Gasteiger partial charge in [-0.15, -0.1) is 12.1 Å². The molecule has 218 valence electrons. The minimum atomic E-state index is -4.25. The molecule has 41 heavy (non-hydrogen) atoms. The summed E-state index contributed by atoms with van der Waals surface area (Å²) >= 11 is 5.87. The number of carbonyl (C=O) groups excluding carboxylic acids is 1. The molecule has 11 heteroatoms. The van der Waals surface area contributed by atoms with Crippen molar-refractivity contribution in [1.29, 1.82) is 5.26 Å². The van der Waals surface area contributed by atoms with Crippen molar-refractivity contribution in [2.75, 3.05) is 6.61 Å². The summed E-state index contributed by atoms with van der Waals surface area (Å²) in [6.07, 6.45) is 1.06. The molecule has 1 amide bonds. The first-order chi connectivity index (χ1) is 18.7. The molecule has 0 radical (unpaired) electrons. The number of nitrogens with one attached hydrogen (secondary N) is 1. The fourth-order valence-electron chi connectivity index (χ4n) is 4.66. The maximum absolute atomic E-state index is 11.9. The normalized spacial score (nSPS) is 22.1. The average molecular weight is 585 g/mol. The van der Waals surface area contributed by atoms with Crippen LogP contribution in [-0.4, -0.2) is 36.6 Å². The molecule has 0 spiro atoms. The fourth-order valence-corrected chi connectivity index (χ4v) is 4.87. The Balaban J connectivity index is 0.000000262. The van der Waals surface area contributed by atoms with Gasteiger partial charge in [0.15, 0.2) is 0 Å². The van der Waals surface area contributed by atoms with Gasteiger partial charge in [0.2, 0.25) is 0 Å². The van der Waals surface area contributed by atoms with Crippen LogP contribution >= 0.6 is 11.6 Å². The number of alkyl carbamates (subject to hydrolysis) is 1. The summed E-state index contributed by atoms with van der Waals surface area (Å²) < 4.78 is 47.5. The summed E-state index contributed by atoms with van der Waals surface area (Å²) in [6, 6.07) is 18.8. The second kappa shape index (κ2) is 14.6. The minimum Gasteiger partial charge on any atom is -0.518 e. The quantitative estimate of drug-likeness (QED) is 0.400. The topological polar surface area (TPSA) is 80.6 Å². The van der Waals surface area contributed by atoms with Gasteiger partial charge in [-0.1, -0.05) is 0 Å². The zero-order valence-corrected chi connectivity index (χ0v) is 24.5. The van der Waals surface area contributed by atoms with Crippen LogP contribution in [0.25, 0.3) is 0 Å². The summed E-state index contributed by atoms with van der Waals surface area (Å²) in [5.41, 5.74) is 0.236. The second-order valence-corrected chi connectivity index (χ2v) is 11.6. The number of hydrogen-bond acceptors (Lipinski definition) is 5. The zero-order chi connectivity index (χ0) is 29.6. The summed E-state index contributed by atoms with van der Waals surface area (Å²) in [4.78, 5) is 11.9. The number of nitrogens with zero attached hydrogens (tertiary/aromatic N) is 1. The van der Waals surface area contributed by atoms with Gasteiger partial charge < -0.3 is 19.5 Å². The van der Waals surface area contributed by atoms with Crippen molar-refractivity contribution < 1.29 is 51.0 Å². The van der Waals surface area contributed by atoms with Crippen LogP contribution in [0.4, 0.5) is 18.0 Å². The van der Waals surface area contributed by atoms with Crippen LogP contribution in [0.1, 0.15) is 58.4 Å². The van der Waals surface area contributed by atoms with Crippen LogP contribution < -0.4 is 33.7 Å². The maximum atomic E-state index is 11.9. The van der Waals surface area contributed by atoms with Gasteiger partial charge in [-0.25, -0.2) is 30.2 Å². The summed E-state index contributed by atoms with van der Waals surface area (Å²) in [7, 11) is 0. The Morgan fingerprint density at radius 3 is 2.32 bits per heavy atom. The first kappa shape index (κ1) is 34.7. The summed E-state index contributed by atoms with van der Waals surface area (Å²) in [5, 5.41) is 12.3. The van der Waals surface area contributed by atoms with E-state index in [2.05, 4.69) is 17.4 Å². The number of amides is 1. The Hall–Kier alpha value is -2.52. The molecule has 0 aliphatic heterocycles. The molecule has 2 aromatic rings.